The van der Waals surface area contributed by atoms with Crippen LogP contribution in [0.5, 0.6) is 0 Å². The summed E-state index contributed by atoms with van der Waals surface area (Å²) in [5, 5.41) is 14.8. The summed E-state index contributed by atoms with van der Waals surface area (Å²) in [5.74, 6) is 0. The fourth-order valence-corrected chi connectivity index (χ4v) is 3.94. The van der Waals surface area contributed by atoms with Crippen molar-refractivity contribution in [2.24, 2.45) is 5.41 Å². The Balaban J connectivity index is 1.60. The van der Waals surface area contributed by atoms with Gasteiger partial charge in [0.05, 0.1) is 11.6 Å². The predicted molar refractivity (Wildman–Crippen MR) is 86.9 cm³/mol. The number of aliphatic hydroxyl groups is 1. The number of carbonyl (C=O) groups is 1. The van der Waals surface area contributed by atoms with E-state index in [1.165, 1.54) is 31.4 Å². The first-order valence-electron chi connectivity index (χ1n) is 8.66. The molecule has 0 heterocycles. The molecular formula is C18H23F3N2O2. The van der Waals surface area contributed by atoms with Crippen LogP contribution in [0.15, 0.2) is 24.3 Å². The molecule has 2 amide bonds. The Morgan fingerprint density at radius 2 is 2.04 bits per heavy atom. The monoisotopic (exact) mass is 356 g/mol. The van der Waals surface area contributed by atoms with Crippen LogP contribution in [0.2, 0.25) is 0 Å². The van der Waals surface area contributed by atoms with Gasteiger partial charge < -0.3 is 15.7 Å². The number of alkyl halides is 3. The quantitative estimate of drug-likeness (QED) is 0.752. The van der Waals surface area contributed by atoms with Crippen molar-refractivity contribution in [3.63, 3.8) is 0 Å². The number of amides is 2. The van der Waals surface area contributed by atoms with E-state index in [9.17, 15) is 23.1 Å². The first-order valence-corrected chi connectivity index (χ1v) is 8.66. The molecule has 0 radical (unpaired) electrons. The van der Waals surface area contributed by atoms with Crippen molar-refractivity contribution >= 4 is 6.03 Å². The van der Waals surface area contributed by atoms with Crippen LogP contribution in [0.1, 0.15) is 55.7 Å². The summed E-state index contributed by atoms with van der Waals surface area (Å²) in [7, 11) is 0. The van der Waals surface area contributed by atoms with E-state index in [-0.39, 0.29) is 19.1 Å². The van der Waals surface area contributed by atoms with Gasteiger partial charge in [-0.15, -0.1) is 0 Å². The second-order valence-electron chi connectivity index (χ2n) is 7.26. The average Bonchev–Trinajstić information content (AvgIpc) is 2.47. The van der Waals surface area contributed by atoms with Crippen molar-refractivity contribution < 1.29 is 23.1 Å². The van der Waals surface area contributed by atoms with E-state index in [2.05, 4.69) is 10.6 Å². The molecule has 2 aliphatic rings. The van der Waals surface area contributed by atoms with Crippen LogP contribution in [0, 0.1) is 5.41 Å². The van der Waals surface area contributed by atoms with E-state index < -0.39 is 23.8 Å². The van der Waals surface area contributed by atoms with Gasteiger partial charge in [0.1, 0.15) is 0 Å². The molecule has 4 nitrogen and oxygen atoms in total. The van der Waals surface area contributed by atoms with E-state index in [0.29, 0.717) is 11.0 Å². The van der Waals surface area contributed by atoms with Gasteiger partial charge in [0.25, 0.3) is 0 Å². The molecule has 1 aromatic carbocycles. The van der Waals surface area contributed by atoms with Crippen molar-refractivity contribution in [3.05, 3.63) is 35.4 Å². The van der Waals surface area contributed by atoms with Crippen LogP contribution >= 0.6 is 0 Å². The molecule has 7 heteroatoms. The van der Waals surface area contributed by atoms with Gasteiger partial charge in [-0.3, -0.25) is 0 Å². The largest absolute Gasteiger partial charge is 0.416 e. The molecule has 1 spiro atoms. The van der Waals surface area contributed by atoms with E-state index >= 15 is 0 Å². The normalized spacial score (nSPS) is 20.5. The van der Waals surface area contributed by atoms with Gasteiger partial charge in [-0.1, -0.05) is 18.6 Å². The van der Waals surface area contributed by atoms with Crippen LogP contribution in [0.3, 0.4) is 0 Å². The number of rotatable bonds is 5. The van der Waals surface area contributed by atoms with Crippen LogP contribution in [-0.4, -0.2) is 23.8 Å². The number of halogens is 3. The number of hydrogen-bond acceptors (Lipinski definition) is 2. The average molecular weight is 356 g/mol. The molecule has 2 aliphatic carbocycles. The first-order chi connectivity index (χ1) is 11.8. The molecule has 3 N–H and O–H groups in total. The van der Waals surface area contributed by atoms with Crippen LogP contribution in [0.25, 0.3) is 0 Å². The summed E-state index contributed by atoms with van der Waals surface area (Å²) in [6.45, 7) is -0.228. The molecule has 1 unspecified atom stereocenters. The number of urea groups is 1. The van der Waals surface area contributed by atoms with E-state index in [4.69, 9.17) is 0 Å². The molecule has 138 valence electrons. The Hall–Kier alpha value is -1.76. The number of hydrogen-bond donors (Lipinski definition) is 3. The maximum absolute atomic E-state index is 12.9. The molecule has 3 rings (SSSR count). The zero-order valence-corrected chi connectivity index (χ0v) is 13.9. The smallest absolute Gasteiger partial charge is 0.396 e. The molecular weight excluding hydrogens is 333 g/mol. The van der Waals surface area contributed by atoms with Gasteiger partial charge in [-0.05, 0) is 55.2 Å². The van der Waals surface area contributed by atoms with Crippen molar-refractivity contribution in [1.29, 1.82) is 0 Å². The minimum absolute atomic E-state index is 0.136. The van der Waals surface area contributed by atoms with Gasteiger partial charge in [0.15, 0.2) is 0 Å². The van der Waals surface area contributed by atoms with Gasteiger partial charge >= 0.3 is 12.2 Å². The molecule has 0 aliphatic heterocycles. The van der Waals surface area contributed by atoms with Crippen molar-refractivity contribution in [1.82, 2.24) is 10.6 Å². The summed E-state index contributed by atoms with van der Waals surface area (Å²) < 4.78 is 38.6. The lowest BCUT2D eigenvalue weighted by Gasteiger charge is -2.54. The third-order valence-electron chi connectivity index (χ3n) is 5.45. The molecule has 25 heavy (non-hydrogen) atoms. The fourth-order valence-electron chi connectivity index (χ4n) is 3.94. The van der Waals surface area contributed by atoms with Crippen molar-refractivity contribution in [3.8, 4) is 0 Å². The summed E-state index contributed by atoms with van der Waals surface area (Å²) in [5.41, 5.74) is 0.00731. The van der Waals surface area contributed by atoms with Gasteiger partial charge in [-0.25, -0.2) is 4.79 Å². The van der Waals surface area contributed by atoms with Gasteiger partial charge in [0, 0.05) is 12.6 Å². The summed E-state index contributed by atoms with van der Waals surface area (Å²) in [4.78, 5) is 12.2. The number of nitrogens with one attached hydrogen (secondary N) is 2. The fraction of sp³-hybridized carbons (Fsp3) is 0.611. The third kappa shape index (κ3) is 4.08. The highest BCUT2D eigenvalue weighted by Gasteiger charge is 2.48. The van der Waals surface area contributed by atoms with Crippen LogP contribution in [-0.2, 0) is 6.18 Å². The third-order valence-corrected chi connectivity index (χ3v) is 5.45. The Morgan fingerprint density at radius 3 is 2.60 bits per heavy atom. The molecule has 0 aromatic heterocycles. The Morgan fingerprint density at radius 1 is 1.32 bits per heavy atom. The van der Waals surface area contributed by atoms with Gasteiger partial charge in [-0.2, -0.15) is 13.2 Å². The second kappa shape index (κ2) is 6.86. The summed E-state index contributed by atoms with van der Waals surface area (Å²) in [6.07, 6.45) is 1.39. The van der Waals surface area contributed by atoms with Gasteiger partial charge in [0.2, 0.25) is 0 Å². The highest BCUT2D eigenvalue weighted by Crippen LogP contribution is 2.55. The van der Waals surface area contributed by atoms with E-state index in [1.807, 2.05) is 0 Å². The lowest BCUT2D eigenvalue weighted by molar-refractivity contribution is -0.137. The zero-order valence-electron chi connectivity index (χ0n) is 13.9. The maximum atomic E-state index is 12.9. The van der Waals surface area contributed by atoms with E-state index in [1.54, 1.807) is 0 Å². The first kappa shape index (κ1) is 18.0. The lowest BCUT2D eigenvalue weighted by Crippen LogP contribution is -2.55. The topological polar surface area (TPSA) is 61.4 Å². The Kier molecular flexibility index (Phi) is 4.95. The number of benzene rings is 1. The van der Waals surface area contributed by atoms with E-state index in [0.717, 1.165) is 25.0 Å². The molecule has 2 saturated carbocycles. The van der Waals surface area contributed by atoms with Crippen molar-refractivity contribution in [2.75, 3.05) is 6.61 Å². The second-order valence-corrected chi connectivity index (χ2v) is 7.26. The number of aliphatic hydroxyl groups excluding tert-OH is 1. The Labute approximate surface area is 144 Å². The van der Waals surface area contributed by atoms with Crippen molar-refractivity contribution in [2.45, 2.75) is 56.8 Å². The standard InChI is InChI=1S/C18H23F3N2O2/c19-18(20,21)13-4-1-3-12(9-13)15(5-8-24)23-16(25)22-14-10-17(11-14)6-2-7-17/h1,3-4,9,14-15,24H,2,5-8,10-11H2,(H2,22,23,25). The number of carbonyl (C=O) groups excluding carboxylic acids is 1. The SMILES string of the molecule is O=C(NC1CC2(CCC2)C1)NC(CCO)c1cccc(C(F)(F)F)c1. The Bertz CT molecular complexity index is 621. The minimum Gasteiger partial charge on any atom is -0.396 e. The maximum Gasteiger partial charge on any atom is 0.416 e. The highest BCUT2D eigenvalue weighted by molar-refractivity contribution is 5.75. The summed E-state index contributed by atoms with van der Waals surface area (Å²) >= 11 is 0. The predicted octanol–water partition coefficient (Wildman–Crippen LogP) is 3.76. The lowest BCUT2D eigenvalue weighted by atomic mass is 9.54. The van der Waals surface area contributed by atoms with Crippen LogP contribution < -0.4 is 10.6 Å². The highest BCUT2D eigenvalue weighted by atomic mass is 19.4. The minimum atomic E-state index is -4.44. The summed E-state index contributed by atoms with van der Waals surface area (Å²) in [6, 6.07) is 3.94. The molecule has 2 fully saturated rings. The molecule has 0 saturated heterocycles. The molecule has 1 aromatic rings. The molecule has 1 atom stereocenters. The molecule has 0 bridgehead atoms. The zero-order chi connectivity index (χ0) is 18.1. The van der Waals surface area contributed by atoms with Crippen LogP contribution in [0.4, 0.5) is 18.0 Å².